The monoisotopic (exact) mass is 477 g/mol. The first kappa shape index (κ1) is 25.0. The van der Waals surface area contributed by atoms with Crippen LogP contribution in [0.4, 0.5) is 34.8 Å². The molecule has 2 aromatic carbocycles. The topological polar surface area (TPSA) is 74.7 Å². The van der Waals surface area contributed by atoms with Gasteiger partial charge in [-0.15, -0.1) is 0 Å². The van der Waals surface area contributed by atoms with Crippen LogP contribution in [0.1, 0.15) is 27.9 Å². The molecule has 0 fully saturated rings. The van der Waals surface area contributed by atoms with Gasteiger partial charge in [0.25, 0.3) is 12.3 Å². The Morgan fingerprint density at radius 3 is 2.62 bits per heavy atom. The number of aryl methyl sites for hydroxylation is 1. The second-order valence-corrected chi connectivity index (χ2v) is 7.36. The van der Waals surface area contributed by atoms with E-state index in [1.165, 1.54) is 12.1 Å². The van der Waals surface area contributed by atoms with E-state index in [4.69, 9.17) is 4.74 Å². The first-order valence-electron chi connectivity index (χ1n) is 10.2. The van der Waals surface area contributed by atoms with Crippen LogP contribution in [-0.4, -0.2) is 42.4 Å². The molecule has 180 valence electrons. The van der Waals surface area contributed by atoms with Gasteiger partial charge in [-0.05, 0) is 48.9 Å². The van der Waals surface area contributed by atoms with Crippen LogP contribution in [0.2, 0.25) is 0 Å². The lowest BCUT2D eigenvalue weighted by molar-refractivity contribution is 0.102. The number of aliphatic hydroxyl groups excluding tert-OH is 1. The SMILES string of the molecule is CF.Cc1ccc(N2c3cccc(C(=O)Nc4ccc(C(F)F)c(F)c4)c3OC[C@@H]2CO)nc1. The van der Waals surface area contributed by atoms with Crippen LogP contribution in [0, 0.1) is 12.7 Å². The van der Waals surface area contributed by atoms with E-state index in [1.807, 2.05) is 19.1 Å². The maximum atomic E-state index is 13.9. The van der Waals surface area contributed by atoms with Crippen molar-refractivity contribution in [2.24, 2.45) is 0 Å². The summed E-state index contributed by atoms with van der Waals surface area (Å²) in [7, 11) is 0.500. The van der Waals surface area contributed by atoms with E-state index in [0.29, 0.717) is 18.7 Å². The number of hydrogen-bond acceptors (Lipinski definition) is 5. The Labute approximate surface area is 193 Å². The van der Waals surface area contributed by atoms with Crippen molar-refractivity contribution in [1.82, 2.24) is 4.98 Å². The number of halogens is 4. The van der Waals surface area contributed by atoms with Crippen molar-refractivity contribution in [3.8, 4) is 5.75 Å². The Balaban J connectivity index is 0.00000158. The fourth-order valence-corrected chi connectivity index (χ4v) is 3.52. The number of rotatable bonds is 5. The third-order valence-electron chi connectivity index (χ3n) is 5.13. The Bertz CT molecular complexity index is 1140. The number of nitrogens with zero attached hydrogens (tertiary/aromatic N) is 2. The molecule has 1 aliphatic heterocycles. The summed E-state index contributed by atoms with van der Waals surface area (Å²) in [4.78, 5) is 19.1. The van der Waals surface area contributed by atoms with Crippen molar-refractivity contribution in [3.05, 3.63) is 77.2 Å². The van der Waals surface area contributed by atoms with E-state index in [9.17, 15) is 27.5 Å². The van der Waals surface area contributed by atoms with Crippen molar-refractivity contribution in [2.75, 3.05) is 30.6 Å². The molecule has 2 N–H and O–H groups in total. The van der Waals surface area contributed by atoms with Gasteiger partial charge in [-0.25, -0.2) is 18.2 Å². The molecule has 0 saturated heterocycles. The van der Waals surface area contributed by atoms with Crippen LogP contribution >= 0.6 is 0 Å². The number of pyridine rings is 1. The Morgan fingerprint density at radius 1 is 1.24 bits per heavy atom. The number of benzene rings is 2. The third-order valence-corrected chi connectivity index (χ3v) is 5.13. The summed E-state index contributed by atoms with van der Waals surface area (Å²) in [5.74, 6) is -0.833. The predicted octanol–water partition coefficient (Wildman–Crippen LogP) is 5.20. The molecule has 1 aromatic heterocycles. The second kappa shape index (κ2) is 11.0. The molecule has 4 rings (SSSR count). The van der Waals surface area contributed by atoms with Crippen molar-refractivity contribution < 1.29 is 32.2 Å². The Morgan fingerprint density at radius 2 is 2.00 bits per heavy atom. The van der Waals surface area contributed by atoms with Gasteiger partial charge in [0.2, 0.25) is 0 Å². The van der Waals surface area contributed by atoms with Crippen LogP contribution < -0.4 is 15.0 Å². The lowest BCUT2D eigenvalue weighted by Crippen LogP contribution is -2.43. The van der Waals surface area contributed by atoms with Crippen molar-refractivity contribution in [3.63, 3.8) is 0 Å². The first-order valence-corrected chi connectivity index (χ1v) is 10.2. The Hall–Kier alpha value is -3.66. The minimum absolute atomic E-state index is 0.0376. The molecule has 1 aliphatic rings. The average molecular weight is 477 g/mol. The van der Waals surface area contributed by atoms with Gasteiger partial charge in [-0.2, -0.15) is 0 Å². The summed E-state index contributed by atoms with van der Waals surface area (Å²) in [6, 6.07) is 11.2. The summed E-state index contributed by atoms with van der Waals surface area (Å²) < 4.78 is 54.7. The number of para-hydroxylation sites is 1. The van der Waals surface area contributed by atoms with E-state index in [2.05, 4.69) is 10.3 Å². The van der Waals surface area contributed by atoms with Gasteiger partial charge in [-0.1, -0.05) is 12.1 Å². The maximum Gasteiger partial charge on any atom is 0.266 e. The highest BCUT2D eigenvalue weighted by atomic mass is 19.3. The zero-order valence-corrected chi connectivity index (χ0v) is 18.4. The van der Waals surface area contributed by atoms with E-state index in [1.54, 1.807) is 23.2 Å². The maximum absolute atomic E-state index is 13.9. The van der Waals surface area contributed by atoms with Crippen molar-refractivity contribution in [1.29, 1.82) is 0 Å². The van der Waals surface area contributed by atoms with Gasteiger partial charge < -0.3 is 20.1 Å². The largest absolute Gasteiger partial charge is 0.488 e. The number of amides is 1. The number of carbonyl (C=O) groups is 1. The molecule has 1 atom stereocenters. The summed E-state index contributed by atoms with van der Waals surface area (Å²) in [5.41, 5.74) is 0.990. The lowest BCUT2D eigenvalue weighted by atomic mass is 10.1. The van der Waals surface area contributed by atoms with Crippen LogP contribution in [0.15, 0.2) is 54.7 Å². The van der Waals surface area contributed by atoms with Gasteiger partial charge in [0, 0.05) is 11.9 Å². The molecule has 0 spiro atoms. The molecule has 10 heteroatoms. The smallest absolute Gasteiger partial charge is 0.266 e. The highest BCUT2D eigenvalue weighted by molar-refractivity contribution is 6.07. The average Bonchev–Trinajstić information content (AvgIpc) is 2.84. The number of carbonyl (C=O) groups excluding carboxylic acids is 1. The zero-order chi connectivity index (χ0) is 24.8. The zero-order valence-electron chi connectivity index (χ0n) is 18.4. The van der Waals surface area contributed by atoms with E-state index in [0.717, 1.165) is 17.7 Å². The number of ether oxygens (including phenoxy) is 1. The number of alkyl halides is 3. The standard InChI is InChI=1S/C23H20F3N3O3.CH3F/c1-13-5-8-20(27-10-13)29-15(11-30)12-32-21-17(3-2-4-19(21)29)23(31)28-14-6-7-16(22(25)26)18(24)9-14;1-2/h2-10,15,22,30H,11-12H2,1H3,(H,28,31);1H3/t15-;/m0./s1. The highest BCUT2D eigenvalue weighted by Gasteiger charge is 2.32. The number of nitrogens with one attached hydrogen (secondary N) is 1. The van der Waals surface area contributed by atoms with Crippen molar-refractivity contribution >= 4 is 23.1 Å². The molecule has 0 saturated carbocycles. The highest BCUT2D eigenvalue weighted by Crippen LogP contribution is 2.41. The minimum atomic E-state index is -2.95. The second-order valence-electron chi connectivity index (χ2n) is 7.36. The van der Waals surface area contributed by atoms with Crippen molar-refractivity contribution in [2.45, 2.75) is 19.4 Å². The molecule has 0 unspecified atom stereocenters. The molecule has 6 nitrogen and oxygen atoms in total. The fourth-order valence-electron chi connectivity index (χ4n) is 3.52. The summed E-state index contributed by atoms with van der Waals surface area (Å²) in [5, 5.41) is 12.4. The molecule has 1 amide bonds. The van der Waals surface area contributed by atoms with Gasteiger partial charge in [0.1, 0.15) is 18.2 Å². The molecular formula is C24H23F4N3O3. The molecule has 0 radical (unpaired) electrons. The van der Waals surface area contributed by atoms with E-state index in [-0.39, 0.29) is 30.2 Å². The van der Waals surface area contributed by atoms with Crippen LogP contribution in [0.25, 0.3) is 0 Å². The normalized spacial score (nSPS) is 14.6. The minimum Gasteiger partial charge on any atom is -0.488 e. The first-order chi connectivity index (χ1) is 16.4. The van der Waals surface area contributed by atoms with E-state index < -0.39 is 29.8 Å². The summed E-state index contributed by atoms with van der Waals surface area (Å²) >= 11 is 0. The van der Waals surface area contributed by atoms with Crippen LogP contribution in [0.3, 0.4) is 0 Å². The lowest BCUT2D eigenvalue weighted by Gasteiger charge is -2.37. The van der Waals surface area contributed by atoms with Gasteiger partial charge in [0.15, 0.2) is 5.75 Å². The molecule has 2 heterocycles. The Kier molecular flexibility index (Phi) is 8.06. The predicted molar refractivity (Wildman–Crippen MR) is 120 cm³/mol. The van der Waals surface area contributed by atoms with Gasteiger partial charge in [0.05, 0.1) is 36.6 Å². The quantitative estimate of drug-likeness (QED) is 0.495. The molecule has 3 aromatic rings. The molecule has 0 aliphatic carbocycles. The third kappa shape index (κ3) is 5.12. The number of fused-ring (bicyclic) bond motifs is 1. The molecule has 0 bridgehead atoms. The van der Waals surface area contributed by atoms with Gasteiger partial charge >= 0.3 is 0 Å². The molecule has 34 heavy (non-hydrogen) atoms. The fraction of sp³-hybridized carbons (Fsp3) is 0.250. The summed E-state index contributed by atoms with van der Waals surface area (Å²) in [6.07, 6.45) is -1.25. The number of aliphatic hydroxyl groups is 1. The molecular weight excluding hydrogens is 454 g/mol. The van der Waals surface area contributed by atoms with E-state index >= 15 is 0 Å². The summed E-state index contributed by atoms with van der Waals surface area (Å²) in [6.45, 7) is 1.83. The van der Waals surface area contributed by atoms with Crippen LogP contribution in [0.5, 0.6) is 5.75 Å². The van der Waals surface area contributed by atoms with Crippen LogP contribution in [-0.2, 0) is 0 Å². The number of hydrogen-bond donors (Lipinski definition) is 2. The van der Waals surface area contributed by atoms with Gasteiger partial charge in [-0.3, -0.25) is 9.18 Å². The number of aromatic nitrogens is 1. The number of anilines is 3.